The highest BCUT2D eigenvalue weighted by molar-refractivity contribution is 6.45. The summed E-state index contributed by atoms with van der Waals surface area (Å²) in [7, 11) is 0. The lowest BCUT2D eigenvalue weighted by Gasteiger charge is -2.32. The minimum absolute atomic E-state index is 0.163. The first-order valence-electron chi connectivity index (χ1n) is 9.70. The number of amides is 5. The second-order valence-electron chi connectivity index (χ2n) is 8.10. The summed E-state index contributed by atoms with van der Waals surface area (Å²) >= 11 is 0. The van der Waals surface area contributed by atoms with E-state index >= 15 is 0 Å². The number of urea groups is 1. The van der Waals surface area contributed by atoms with Gasteiger partial charge in [-0.25, -0.2) is 18.5 Å². The van der Waals surface area contributed by atoms with E-state index in [-0.39, 0.29) is 11.6 Å². The normalized spacial score (nSPS) is 27.1. The van der Waals surface area contributed by atoms with Crippen LogP contribution in [0.3, 0.4) is 0 Å². The topological polar surface area (TPSA) is 86.8 Å². The first-order valence-corrected chi connectivity index (χ1v) is 9.70. The maximum Gasteiger partial charge on any atom is 0.334 e. The molecule has 1 aromatic rings. The smallest absolute Gasteiger partial charge is 0.322 e. The monoisotopic (exact) mass is 405 g/mol. The van der Waals surface area contributed by atoms with Crippen molar-refractivity contribution in [3.05, 3.63) is 29.8 Å². The number of benzene rings is 1. The van der Waals surface area contributed by atoms with Crippen LogP contribution in [0.2, 0.25) is 0 Å². The largest absolute Gasteiger partial charge is 0.334 e. The Morgan fingerprint density at radius 3 is 2.55 bits per heavy atom. The number of fused-ring (bicyclic) bond motifs is 2. The molecule has 3 aliphatic rings. The van der Waals surface area contributed by atoms with Crippen molar-refractivity contribution >= 4 is 29.4 Å². The summed E-state index contributed by atoms with van der Waals surface area (Å²) < 4.78 is 26.7. The molecule has 0 unspecified atom stereocenters. The van der Waals surface area contributed by atoms with Gasteiger partial charge in [0.25, 0.3) is 0 Å². The van der Waals surface area contributed by atoms with Gasteiger partial charge in [0, 0.05) is 12.1 Å². The van der Waals surface area contributed by atoms with Crippen LogP contribution in [-0.2, 0) is 14.4 Å². The van der Waals surface area contributed by atoms with Crippen LogP contribution < -0.4 is 5.32 Å². The fraction of sp³-hybridized carbons (Fsp3) is 0.500. The zero-order valence-corrected chi connectivity index (χ0v) is 15.9. The lowest BCUT2D eigenvalue weighted by atomic mass is 9.83. The molecule has 7 nitrogen and oxygen atoms in total. The van der Waals surface area contributed by atoms with Gasteiger partial charge in [0.1, 0.15) is 18.2 Å². The summed E-state index contributed by atoms with van der Waals surface area (Å²) in [6, 6.07) is 1.35. The molecule has 2 bridgehead atoms. The molecule has 1 N–H and O–H groups in total. The van der Waals surface area contributed by atoms with Crippen LogP contribution >= 0.6 is 0 Å². The van der Waals surface area contributed by atoms with Gasteiger partial charge in [-0.2, -0.15) is 0 Å². The highest BCUT2D eigenvalue weighted by Crippen LogP contribution is 2.50. The Kier molecular flexibility index (Phi) is 4.84. The molecule has 5 amide bonds. The van der Waals surface area contributed by atoms with Gasteiger partial charge in [0.05, 0.1) is 5.69 Å². The number of carbonyl (C=O) groups excluding carboxylic acids is 4. The highest BCUT2D eigenvalue weighted by Gasteiger charge is 2.52. The molecule has 4 atom stereocenters. The van der Waals surface area contributed by atoms with Crippen molar-refractivity contribution in [2.45, 2.75) is 38.6 Å². The SMILES string of the molecule is C[C@@H]([C@@H]1C[C@H]2CC[C@H]1C2)N1C(=O)C(=O)N(CC(=O)Nc2ccc(F)cc2F)C1=O. The molecular weight excluding hydrogens is 384 g/mol. The Bertz CT molecular complexity index is 906. The summed E-state index contributed by atoms with van der Waals surface area (Å²) in [5, 5.41) is 2.18. The molecule has 1 heterocycles. The molecule has 9 heteroatoms. The summed E-state index contributed by atoms with van der Waals surface area (Å²) in [5.41, 5.74) is -0.283. The van der Waals surface area contributed by atoms with Gasteiger partial charge < -0.3 is 5.32 Å². The maximum atomic E-state index is 13.7. The first kappa shape index (κ1) is 19.5. The number of rotatable bonds is 5. The standard InChI is InChI=1S/C20H21F2N3O4/c1-10(14-7-11-2-3-12(14)6-11)25-19(28)18(27)24(20(25)29)9-17(26)23-16-5-4-13(21)8-15(16)22/h4-5,8,10-12,14H,2-3,6-7,9H2,1H3,(H,23,26)/t10-,11-,12-,14-/m0/s1. The second kappa shape index (κ2) is 7.20. The van der Waals surface area contributed by atoms with Crippen molar-refractivity contribution in [1.29, 1.82) is 0 Å². The summed E-state index contributed by atoms with van der Waals surface area (Å²) in [5.74, 6) is -3.43. The molecule has 2 saturated carbocycles. The molecule has 2 aliphatic carbocycles. The molecule has 154 valence electrons. The zero-order valence-electron chi connectivity index (χ0n) is 15.9. The summed E-state index contributed by atoms with van der Waals surface area (Å²) in [6.45, 7) is 1.05. The molecule has 4 rings (SSSR count). The van der Waals surface area contributed by atoms with Crippen LogP contribution in [0.5, 0.6) is 0 Å². The van der Waals surface area contributed by atoms with Gasteiger partial charge in [-0.15, -0.1) is 0 Å². The Morgan fingerprint density at radius 1 is 1.17 bits per heavy atom. The molecule has 29 heavy (non-hydrogen) atoms. The van der Waals surface area contributed by atoms with E-state index in [2.05, 4.69) is 5.32 Å². The molecule has 1 aromatic carbocycles. The molecule has 0 radical (unpaired) electrons. The van der Waals surface area contributed by atoms with E-state index in [4.69, 9.17) is 0 Å². The van der Waals surface area contributed by atoms with Gasteiger partial charge in [0.15, 0.2) is 0 Å². The molecule has 0 aromatic heterocycles. The van der Waals surface area contributed by atoms with Crippen molar-refractivity contribution in [1.82, 2.24) is 9.80 Å². The Labute approximate surface area is 166 Å². The predicted molar refractivity (Wildman–Crippen MR) is 97.3 cm³/mol. The Morgan fingerprint density at radius 2 is 1.93 bits per heavy atom. The van der Waals surface area contributed by atoms with Crippen LogP contribution in [0.25, 0.3) is 0 Å². The fourth-order valence-electron chi connectivity index (χ4n) is 5.02. The third-order valence-corrected chi connectivity index (χ3v) is 6.41. The van der Waals surface area contributed by atoms with Gasteiger partial charge in [-0.1, -0.05) is 6.42 Å². The van der Waals surface area contributed by atoms with Crippen molar-refractivity contribution in [3.8, 4) is 0 Å². The molecule has 1 aliphatic heterocycles. The van der Waals surface area contributed by atoms with E-state index in [1.807, 2.05) is 0 Å². The number of hydrogen-bond donors (Lipinski definition) is 1. The van der Waals surface area contributed by atoms with Crippen molar-refractivity contribution in [3.63, 3.8) is 0 Å². The third kappa shape index (κ3) is 3.38. The number of anilines is 1. The fourth-order valence-corrected chi connectivity index (χ4v) is 5.02. The van der Waals surface area contributed by atoms with Gasteiger partial charge in [0.2, 0.25) is 5.91 Å². The minimum Gasteiger partial charge on any atom is -0.322 e. The number of nitrogens with zero attached hydrogens (tertiary/aromatic N) is 2. The van der Waals surface area contributed by atoms with E-state index in [1.54, 1.807) is 6.92 Å². The van der Waals surface area contributed by atoms with E-state index in [0.717, 1.165) is 36.3 Å². The van der Waals surface area contributed by atoms with Crippen LogP contribution in [0.1, 0.15) is 32.6 Å². The van der Waals surface area contributed by atoms with E-state index < -0.39 is 48.0 Å². The number of hydrogen-bond acceptors (Lipinski definition) is 4. The van der Waals surface area contributed by atoms with Crippen molar-refractivity contribution in [2.75, 3.05) is 11.9 Å². The predicted octanol–water partition coefficient (Wildman–Crippen LogP) is 2.52. The van der Waals surface area contributed by atoms with Crippen LogP contribution in [0.4, 0.5) is 19.3 Å². The maximum absolute atomic E-state index is 13.7. The van der Waals surface area contributed by atoms with Gasteiger partial charge in [-0.3, -0.25) is 19.3 Å². The van der Waals surface area contributed by atoms with Crippen LogP contribution in [-0.4, -0.2) is 46.1 Å². The quantitative estimate of drug-likeness (QED) is 0.603. The molecular formula is C20H21F2N3O4. The molecule has 1 saturated heterocycles. The zero-order chi connectivity index (χ0) is 20.9. The average Bonchev–Trinajstić information content (AvgIpc) is 3.35. The van der Waals surface area contributed by atoms with Crippen molar-refractivity contribution in [2.24, 2.45) is 17.8 Å². The third-order valence-electron chi connectivity index (χ3n) is 6.41. The number of imide groups is 2. The van der Waals surface area contributed by atoms with Crippen LogP contribution in [0, 0.1) is 29.4 Å². The lowest BCUT2D eigenvalue weighted by Crippen LogP contribution is -2.45. The van der Waals surface area contributed by atoms with E-state index in [1.165, 1.54) is 6.42 Å². The van der Waals surface area contributed by atoms with Gasteiger partial charge in [-0.05, 0) is 56.1 Å². The highest BCUT2D eigenvalue weighted by atomic mass is 19.1. The number of halogens is 2. The lowest BCUT2D eigenvalue weighted by molar-refractivity contribution is -0.144. The summed E-state index contributed by atoms with van der Waals surface area (Å²) in [6.07, 6.45) is 4.26. The first-order chi connectivity index (χ1) is 13.8. The summed E-state index contributed by atoms with van der Waals surface area (Å²) in [4.78, 5) is 51.2. The minimum atomic E-state index is -1.07. The van der Waals surface area contributed by atoms with Crippen molar-refractivity contribution < 1.29 is 28.0 Å². The van der Waals surface area contributed by atoms with Crippen LogP contribution in [0.15, 0.2) is 18.2 Å². The average molecular weight is 405 g/mol. The van der Waals surface area contributed by atoms with E-state index in [0.29, 0.717) is 22.8 Å². The number of carbonyl (C=O) groups is 4. The number of nitrogens with one attached hydrogen (secondary N) is 1. The van der Waals surface area contributed by atoms with Gasteiger partial charge >= 0.3 is 17.8 Å². The van der Waals surface area contributed by atoms with E-state index in [9.17, 15) is 28.0 Å². The Balaban J connectivity index is 1.44. The Hall–Kier alpha value is -2.84. The molecule has 0 spiro atoms. The second-order valence-corrected chi connectivity index (χ2v) is 8.10. The molecule has 3 fully saturated rings.